The largest absolute Gasteiger partial charge is 0.346 e. The fourth-order valence-electron chi connectivity index (χ4n) is 2.52. The third-order valence-corrected chi connectivity index (χ3v) is 3.65. The molecule has 3 rings (SSSR count). The predicted molar refractivity (Wildman–Crippen MR) is 96.9 cm³/mol. The van der Waals surface area contributed by atoms with Crippen LogP contribution in [0, 0.1) is 6.92 Å². The molecule has 0 bridgehead atoms. The zero-order valence-corrected chi connectivity index (χ0v) is 13.8. The van der Waals surface area contributed by atoms with Gasteiger partial charge in [0.05, 0.1) is 5.52 Å². The number of aromatic nitrogens is 2. The Kier molecular flexibility index (Phi) is 4.61. The first-order valence-corrected chi connectivity index (χ1v) is 7.84. The number of nitrogens with one attached hydrogen (secondary N) is 2. The molecule has 6 heteroatoms. The molecule has 0 fully saturated rings. The monoisotopic (exact) mass is 334 g/mol. The number of fused-ring (bicyclic) bond motifs is 1. The summed E-state index contributed by atoms with van der Waals surface area (Å²) in [6, 6.07) is 12.8. The van der Waals surface area contributed by atoms with Gasteiger partial charge in [-0.05, 0) is 36.8 Å². The Bertz CT molecular complexity index is 959. The first-order valence-electron chi connectivity index (χ1n) is 7.84. The SMILES string of the molecule is C=CCNC(=O)c1nc(C(=O)Nc2cccc(C)c2)c2ccccn12. The van der Waals surface area contributed by atoms with E-state index in [1.54, 1.807) is 40.9 Å². The molecule has 0 saturated heterocycles. The highest BCUT2D eigenvalue weighted by Crippen LogP contribution is 2.16. The Morgan fingerprint density at radius 2 is 2.04 bits per heavy atom. The molecule has 0 saturated carbocycles. The summed E-state index contributed by atoms with van der Waals surface area (Å²) in [6.45, 7) is 5.84. The second-order valence-corrected chi connectivity index (χ2v) is 5.56. The number of carbonyl (C=O) groups excluding carboxylic acids is 2. The van der Waals surface area contributed by atoms with Gasteiger partial charge in [0.25, 0.3) is 11.8 Å². The topological polar surface area (TPSA) is 75.5 Å². The number of anilines is 1. The molecule has 2 aromatic heterocycles. The van der Waals surface area contributed by atoms with Crippen LogP contribution < -0.4 is 10.6 Å². The van der Waals surface area contributed by atoms with E-state index in [-0.39, 0.29) is 23.3 Å². The van der Waals surface area contributed by atoms with Gasteiger partial charge in [0.1, 0.15) is 0 Å². The number of pyridine rings is 1. The summed E-state index contributed by atoms with van der Waals surface area (Å²) in [4.78, 5) is 29.2. The molecule has 2 amide bonds. The molecule has 0 atom stereocenters. The Hall–Kier alpha value is -3.41. The molecule has 126 valence electrons. The van der Waals surface area contributed by atoms with Crippen molar-refractivity contribution in [2.24, 2.45) is 0 Å². The number of aryl methyl sites for hydroxylation is 1. The van der Waals surface area contributed by atoms with E-state index in [4.69, 9.17) is 0 Å². The number of carbonyl (C=O) groups is 2. The van der Waals surface area contributed by atoms with E-state index in [1.807, 2.05) is 25.1 Å². The van der Waals surface area contributed by atoms with Crippen LogP contribution in [-0.2, 0) is 0 Å². The van der Waals surface area contributed by atoms with Crippen molar-refractivity contribution in [3.8, 4) is 0 Å². The van der Waals surface area contributed by atoms with Crippen molar-refractivity contribution in [3.63, 3.8) is 0 Å². The van der Waals surface area contributed by atoms with Gasteiger partial charge in [-0.1, -0.05) is 24.3 Å². The molecule has 0 unspecified atom stereocenters. The number of amides is 2. The van der Waals surface area contributed by atoms with Crippen LogP contribution in [0.3, 0.4) is 0 Å². The van der Waals surface area contributed by atoms with Crippen molar-refractivity contribution in [1.82, 2.24) is 14.7 Å². The molecule has 0 aliphatic carbocycles. The van der Waals surface area contributed by atoms with E-state index in [9.17, 15) is 9.59 Å². The highest BCUT2D eigenvalue weighted by Gasteiger charge is 2.21. The quantitative estimate of drug-likeness (QED) is 0.705. The van der Waals surface area contributed by atoms with Gasteiger partial charge in [-0.3, -0.25) is 14.0 Å². The average Bonchev–Trinajstić information content (AvgIpc) is 2.99. The smallest absolute Gasteiger partial charge is 0.287 e. The average molecular weight is 334 g/mol. The second-order valence-electron chi connectivity index (χ2n) is 5.56. The number of nitrogens with zero attached hydrogens (tertiary/aromatic N) is 2. The van der Waals surface area contributed by atoms with Crippen molar-refractivity contribution >= 4 is 23.0 Å². The van der Waals surface area contributed by atoms with E-state index < -0.39 is 0 Å². The third-order valence-electron chi connectivity index (χ3n) is 3.65. The zero-order chi connectivity index (χ0) is 17.8. The van der Waals surface area contributed by atoms with Gasteiger partial charge in [0.2, 0.25) is 5.82 Å². The molecule has 1 aromatic carbocycles. The molecule has 2 N–H and O–H groups in total. The number of hydrogen-bond donors (Lipinski definition) is 2. The molecule has 3 aromatic rings. The molecule has 0 aliphatic heterocycles. The molecule has 0 radical (unpaired) electrons. The highest BCUT2D eigenvalue weighted by atomic mass is 16.2. The molecule has 6 nitrogen and oxygen atoms in total. The van der Waals surface area contributed by atoms with Crippen LogP contribution >= 0.6 is 0 Å². The first kappa shape index (κ1) is 16.4. The maximum atomic E-state index is 12.7. The maximum Gasteiger partial charge on any atom is 0.287 e. The molecule has 25 heavy (non-hydrogen) atoms. The van der Waals surface area contributed by atoms with Gasteiger partial charge in [0.15, 0.2) is 5.69 Å². The fourth-order valence-corrected chi connectivity index (χ4v) is 2.52. The third kappa shape index (κ3) is 3.42. The van der Waals surface area contributed by atoms with Crippen molar-refractivity contribution in [3.05, 3.63) is 78.4 Å². The van der Waals surface area contributed by atoms with Gasteiger partial charge >= 0.3 is 0 Å². The summed E-state index contributed by atoms with van der Waals surface area (Å²) >= 11 is 0. The van der Waals surface area contributed by atoms with Crippen molar-refractivity contribution in [2.75, 3.05) is 11.9 Å². The van der Waals surface area contributed by atoms with Crippen LogP contribution in [0.25, 0.3) is 5.52 Å². The second kappa shape index (κ2) is 7.00. The summed E-state index contributed by atoms with van der Waals surface area (Å²) in [5.74, 6) is -0.570. The van der Waals surface area contributed by atoms with E-state index in [0.717, 1.165) is 5.56 Å². The minimum Gasteiger partial charge on any atom is -0.346 e. The Morgan fingerprint density at radius 3 is 2.80 bits per heavy atom. The fraction of sp³-hybridized carbons (Fsp3) is 0.105. The van der Waals surface area contributed by atoms with Crippen LogP contribution in [0.5, 0.6) is 0 Å². The number of rotatable bonds is 5. The normalized spacial score (nSPS) is 10.4. The van der Waals surface area contributed by atoms with Crippen LogP contribution in [0.2, 0.25) is 0 Å². The lowest BCUT2D eigenvalue weighted by molar-refractivity contribution is 0.0947. The van der Waals surface area contributed by atoms with E-state index in [2.05, 4.69) is 22.2 Å². The van der Waals surface area contributed by atoms with Gasteiger partial charge in [0, 0.05) is 18.4 Å². The molecule has 2 heterocycles. The van der Waals surface area contributed by atoms with Crippen molar-refractivity contribution in [1.29, 1.82) is 0 Å². The summed E-state index contributed by atoms with van der Waals surface area (Å²) in [6.07, 6.45) is 3.29. The minimum atomic E-state index is -0.365. The zero-order valence-electron chi connectivity index (χ0n) is 13.8. The highest BCUT2D eigenvalue weighted by molar-refractivity contribution is 6.09. The Labute approximate surface area is 145 Å². The van der Waals surface area contributed by atoms with Crippen LogP contribution in [0.1, 0.15) is 26.7 Å². The molecule has 0 spiro atoms. The Morgan fingerprint density at radius 1 is 1.20 bits per heavy atom. The Balaban J connectivity index is 1.97. The van der Waals surface area contributed by atoms with Gasteiger partial charge in [-0.15, -0.1) is 6.58 Å². The molecule has 0 aliphatic rings. The lowest BCUT2D eigenvalue weighted by atomic mass is 10.2. The van der Waals surface area contributed by atoms with Crippen LogP contribution in [0.15, 0.2) is 61.3 Å². The van der Waals surface area contributed by atoms with Gasteiger partial charge in [-0.2, -0.15) is 0 Å². The lowest BCUT2D eigenvalue weighted by Crippen LogP contribution is -2.25. The summed E-state index contributed by atoms with van der Waals surface area (Å²) in [5, 5.41) is 5.50. The standard InChI is InChI=1S/C19H18N4O2/c1-3-10-20-19(25)17-22-16(15-9-4-5-11-23(15)17)18(24)21-14-8-6-7-13(2)12-14/h3-9,11-12H,1,10H2,2H3,(H,20,25)(H,21,24). The maximum absolute atomic E-state index is 12.7. The molecular formula is C19H18N4O2. The number of imidazole rings is 1. The number of hydrogen-bond acceptors (Lipinski definition) is 3. The van der Waals surface area contributed by atoms with Crippen molar-refractivity contribution < 1.29 is 9.59 Å². The predicted octanol–water partition coefficient (Wildman–Crippen LogP) is 2.81. The summed E-state index contributed by atoms with van der Waals surface area (Å²) < 4.78 is 1.60. The van der Waals surface area contributed by atoms with E-state index >= 15 is 0 Å². The van der Waals surface area contributed by atoms with Crippen LogP contribution in [-0.4, -0.2) is 27.7 Å². The van der Waals surface area contributed by atoms with Gasteiger partial charge in [-0.25, -0.2) is 4.98 Å². The van der Waals surface area contributed by atoms with Crippen molar-refractivity contribution in [2.45, 2.75) is 6.92 Å². The molecular weight excluding hydrogens is 316 g/mol. The first-order chi connectivity index (χ1) is 12.1. The minimum absolute atomic E-state index is 0.159. The summed E-state index contributed by atoms with van der Waals surface area (Å²) in [5.41, 5.74) is 2.49. The lowest BCUT2D eigenvalue weighted by Gasteiger charge is -2.04. The van der Waals surface area contributed by atoms with E-state index in [0.29, 0.717) is 17.7 Å². The van der Waals surface area contributed by atoms with E-state index in [1.165, 1.54) is 0 Å². The number of benzene rings is 1. The summed E-state index contributed by atoms with van der Waals surface area (Å²) in [7, 11) is 0. The van der Waals surface area contributed by atoms with Crippen LogP contribution in [0.4, 0.5) is 5.69 Å². The van der Waals surface area contributed by atoms with Gasteiger partial charge < -0.3 is 10.6 Å².